The molecular weight excluding hydrogens is 544 g/mol. The van der Waals surface area contributed by atoms with Crippen LogP contribution < -0.4 is 20.9 Å². The first-order chi connectivity index (χ1) is 19.8. The first-order valence-electron chi connectivity index (χ1n) is 12.4. The van der Waals surface area contributed by atoms with E-state index in [1.165, 1.54) is 31.4 Å². The summed E-state index contributed by atoms with van der Waals surface area (Å²) in [6, 6.07) is 29.2. The Morgan fingerprint density at radius 2 is 1.20 bits per heavy atom. The average molecular weight is 567 g/mol. The SMILES string of the molecule is COC(=O)c1ccc(N2C(=O)C(Cl)=C(Nc3ccc(C(=O)Nc4ccc(Nc5ccccc5)cc4)cc3)C2=O)cc1. The fourth-order valence-electron chi connectivity index (χ4n) is 4.09. The molecule has 0 atom stereocenters. The van der Waals surface area contributed by atoms with Crippen LogP contribution in [0.5, 0.6) is 0 Å². The molecule has 3 N–H and O–H groups in total. The molecule has 0 saturated carbocycles. The third-order valence-corrected chi connectivity index (χ3v) is 6.55. The van der Waals surface area contributed by atoms with Crippen LogP contribution in [-0.4, -0.2) is 30.8 Å². The molecule has 204 valence electrons. The number of halogens is 1. The summed E-state index contributed by atoms with van der Waals surface area (Å²) in [5, 5.41) is 8.73. The second-order valence-electron chi connectivity index (χ2n) is 8.90. The fraction of sp³-hybridized carbons (Fsp3) is 0.0323. The molecule has 3 amide bonds. The van der Waals surface area contributed by atoms with Gasteiger partial charge in [-0.15, -0.1) is 0 Å². The summed E-state index contributed by atoms with van der Waals surface area (Å²) in [5.41, 5.74) is 3.73. The van der Waals surface area contributed by atoms with E-state index in [9.17, 15) is 19.2 Å². The lowest BCUT2D eigenvalue weighted by Gasteiger charge is -2.15. The third-order valence-electron chi connectivity index (χ3n) is 6.20. The number of ether oxygens (including phenoxy) is 1. The molecule has 4 aromatic carbocycles. The minimum atomic E-state index is -0.703. The molecule has 0 fully saturated rings. The number of esters is 1. The number of nitrogens with one attached hydrogen (secondary N) is 3. The summed E-state index contributed by atoms with van der Waals surface area (Å²) in [6.45, 7) is 0. The number of methoxy groups -OCH3 is 1. The topological polar surface area (TPSA) is 117 Å². The summed E-state index contributed by atoms with van der Waals surface area (Å²) in [5.74, 6) is -2.21. The Morgan fingerprint density at radius 1 is 0.659 bits per heavy atom. The van der Waals surface area contributed by atoms with Crippen LogP contribution in [-0.2, 0) is 14.3 Å². The van der Waals surface area contributed by atoms with Crippen molar-refractivity contribution in [1.29, 1.82) is 0 Å². The predicted molar refractivity (Wildman–Crippen MR) is 157 cm³/mol. The summed E-state index contributed by atoms with van der Waals surface area (Å²) in [7, 11) is 1.26. The van der Waals surface area contributed by atoms with Crippen LogP contribution >= 0.6 is 11.6 Å². The van der Waals surface area contributed by atoms with E-state index < -0.39 is 17.8 Å². The van der Waals surface area contributed by atoms with Gasteiger partial charge < -0.3 is 20.7 Å². The van der Waals surface area contributed by atoms with Crippen molar-refractivity contribution < 1.29 is 23.9 Å². The molecule has 0 aromatic heterocycles. The molecule has 0 bridgehead atoms. The van der Waals surface area contributed by atoms with Crippen LogP contribution in [0.15, 0.2) is 114 Å². The van der Waals surface area contributed by atoms with E-state index in [4.69, 9.17) is 11.6 Å². The van der Waals surface area contributed by atoms with Gasteiger partial charge in [0.2, 0.25) is 0 Å². The van der Waals surface area contributed by atoms with Crippen LogP contribution in [0.2, 0.25) is 0 Å². The first kappa shape index (κ1) is 27.2. The molecule has 10 heteroatoms. The highest BCUT2D eigenvalue weighted by molar-refractivity contribution is 6.53. The Kier molecular flexibility index (Phi) is 7.80. The van der Waals surface area contributed by atoms with Crippen LogP contribution in [0.25, 0.3) is 0 Å². The van der Waals surface area contributed by atoms with Gasteiger partial charge in [-0.2, -0.15) is 0 Å². The van der Waals surface area contributed by atoms with Crippen LogP contribution in [0.1, 0.15) is 20.7 Å². The number of hydrogen-bond acceptors (Lipinski definition) is 7. The number of rotatable bonds is 8. The Hall–Kier alpha value is -5.41. The van der Waals surface area contributed by atoms with Gasteiger partial charge in [0, 0.05) is 28.3 Å². The summed E-state index contributed by atoms with van der Waals surface area (Å²) in [6.07, 6.45) is 0. The van der Waals surface area contributed by atoms with Crippen molar-refractivity contribution in [2.24, 2.45) is 0 Å². The normalized spacial score (nSPS) is 12.8. The number of anilines is 5. The van der Waals surface area contributed by atoms with Gasteiger partial charge in [-0.3, -0.25) is 14.4 Å². The van der Waals surface area contributed by atoms with Crippen LogP contribution in [0.4, 0.5) is 28.4 Å². The van der Waals surface area contributed by atoms with E-state index in [0.29, 0.717) is 16.9 Å². The van der Waals surface area contributed by atoms with E-state index in [1.807, 2.05) is 42.5 Å². The second kappa shape index (κ2) is 11.8. The van der Waals surface area contributed by atoms with Gasteiger partial charge >= 0.3 is 5.97 Å². The molecule has 1 heterocycles. The number of hydrogen-bond donors (Lipinski definition) is 3. The predicted octanol–water partition coefficient (Wildman–Crippen LogP) is 5.90. The number of para-hydroxylation sites is 1. The highest BCUT2D eigenvalue weighted by Crippen LogP contribution is 2.30. The van der Waals surface area contributed by atoms with E-state index >= 15 is 0 Å². The first-order valence-corrected chi connectivity index (χ1v) is 12.8. The molecule has 4 aromatic rings. The van der Waals surface area contributed by atoms with Crippen LogP contribution in [0.3, 0.4) is 0 Å². The Morgan fingerprint density at radius 3 is 1.83 bits per heavy atom. The lowest BCUT2D eigenvalue weighted by Crippen LogP contribution is -2.32. The Balaban J connectivity index is 1.21. The number of benzene rings is 4. The van der Waals surface area contributed by atoms with Crippen molar-refractivity contribution in [2.75, 3.05) is 28.0 Å². The molecule has 1 aliphatic rings. The van der Waals surface area contributed by atoms with Gasteiger partial charge in [0.05, 0.1) is 18.4 Å². The zero-order valence-electron chi connectivity index (χ0n) is 21.7. The maximum Gasteiger partial charge on any atom is 0.337 e. The summed E-state index contributed by atoms with van der Waals surface area (Å²) >= 11 is 6.21. The molecule has 0 aliphatic carbocycles. The lowest BCUT2D eigenvalue weighted by molar-refractivity contribution is -0.120. The number of nitrogens with zero attached hydrogens (tertiary/aromatic N) is 1. The molecule has 0 radical (unpaired) electrons. The van der Waals surface area contributed by atoms with Crippen molar-refractivity contribution in [1.82, 2.24) is 0 Å². The van der Waals surface area contributed by atoms with Gasteiger partial charge in [-0.1, -0.05) is 29.8 Å². The van der Waals surface area contributed by atoms with E-state index in [-0.39, 0.29) is 27.9 Å². The number of carbonyl (C=O) groups is 4. The quantitative estimate of drug-likeness (QED) is 0.179. The van der Waals surface area contributed by atoms with Crippen LogP contribution in [0, 0.1) is 0 Å². The zero-order chi connectivity index (χ0) is 28.9. The van der Waals surface area contributed by atoms with Gasteiger partial charge in [-0.05, 0) is 84.9 Å². The average Bonchev–Trinajstić information content (AvgIpc) is 3.21. The number of amides is 3. The minimum absolute atomic E-state index is 0.102. The lowest BCUT2D eigenvalue weighted by atomic mass is 10.1. The second-order valence-corrected chi connectivity index (χ2v) is 9.28. The Labute approximate surface area is 240 Å². The highest BCUT2D eigenvalue weighted by Gasteiger charge is 2.39. The van der Waals surface area contributed by atoms with Crippen molar-refractivity contribution in [3.63, 3.8) is 0 Å². The molecule has 1 aliphatic heterocycles. The molecule has 0 saturated heterocycles. The van der Waals surface area contributed by atoms with E-state index in [1.54, 1.807) is 36.4 Å². The van der Waals surface area contributed by atoms with Crippen molar-refractivity contribution in [3.8, 4) is 0 Å². The standard InChI is InChI=1S/C31H23ClN4O5/c1-41-31(40)20-9-17-25(18-10-20)36-29(38)26(32)27(30(36)39)34-23-11-7-19(8-12-23)28(37)35-24-15-13-22(14-16-24)33-21-5-3-2-4-6-21/h2-18,33-34H,1H3,(H,35,37). The largest absolute Gasteiger partial charge is 0.465 e. The zero-order valence-corrected chi connectivity index (χ0v) is 22.4. The maximum atomic E-state index is 13.1. The maximum absolute atomic E-state index is 13.1. The monoisotopic (exact) mass is 566 g/mol. The fourth-order valence-corrected chi connectivity index (χ4v) is 4.30. The van der Waals surface area contributed by atoms with Crippen molar-refractivity contribution in [3.05, 3.63) is 125 Å². The molecule has 5 rings (SSSR count). The van der Waals surface area contributed by atoms with Gasteiger partial charge in [-0.25, -0.2) is 9.69 Å². The Bertz CT molecular complexity index is 1650. The minimum Gasteiger partial charge on any atom is -0.465 e. The van der Waals surface area contributed by atoms with E-state index in [2.05, 4.69) is 20.7 Å². The van der Waals surface area contributed by atoms with Crippen molar-refractivity contribution >= 4 is 63.7 Å². The molecule has 0 spiro atoms. The third kappa shape index (κ3) is 5.95. The molecule has 41 heavy (non-hydrogen) atoms. The number of carbonyl (C=O) groups excluding carboxylic acids is 4. The van der Waals surface area contributed by atoms with Crippen molar-refractivity contribution in [2.45, 2.75) is 0 Å². The summed E-state index contributed by atoms with van der Waals surface area (Å²) < 4.78 is 4.67. The molecule has 0 unspecified atom stereocenters. The molecule has 9 nitrogen and oxygen atoms in total. The van der Waals surface area contributed by atoms with Gasteiger partial charge in [0.15, 0.2) is 0 Å². The smallest absolute Gasteiger partial charge is 0.337 e. The molecular formula is C31H23ClN4O5. The van der Waals surface area contributed by atoms with Gasteiger partial charge in [0.25, 0.3) is 17.7 Å². The summed E-state index contributed by atoms with van der Waals surface area (Å²) in [4.78, 5) is 51.1. The number of imide groups is 1. The highest BCUT2D eigenvalue weighted by atomic mass is 35.5. The van der Waals surface area contributed by atoms with Gasteiger partial charge in [0.1, 0.15) is 10.7 Å². The van der Waals surface area contributed by atoms with E-state index in [0.717, 1.165) is 16.3 Å².